The molecular weight excluding hydrogens is 374 g/mol. The van der Waals surface area contributed by atoms with Crippen LogP contribution in [0.2, 0.25) is 0 Å². The normalized spacial score (nSPS) is 12.7. The van der Waals surface area contributed by atoms with Crippen molar-refractivity contribution in [1.82, 2.24) is 0 Å². The molecule has 1 unspecified atom stereocenters. The van der Waals surface area contributed by atoms with Gasteiger partial charge in [-0.2, -0.15) is 0 Å². The summed E-state index contributed by atoms with van der Waals surface area (Å²) in [6.07, 6.45) is 1.65. The molecule has 1 atom stereocenters. The maximum Gasteiger partial charge on any atom is 0.334 e. The van der Waals surface area contributed by atoms with E-state index in [1.165, 1.54) is 5.56 Å². The third-order valence-corrected chi connectivity index (χ3v) is 5.32. The highest BCUT2D eigenvalue weighted by Gasteiger charge is 2.24. The number of carbonyl (C=O) groups is 1. The van der Waals surface area contributed by atoms with Gasteiger partial charge in [0.15, 0.2) is 6.04 Å². The molecule has 1 aromatic carbocycles. The Morgan fingerprint density at radius 3 is 2.39 bits per heavy atom. The third kappa shape index (κ3) is 5.23. The van der Waals surface area contributed by atoms with Gasteiger partial charge in [0.1, 0.15) is 17.3 Å². The molecule has 3 aromatic rings. The van der Waals surface area contributed by atoms with E-state index >= 15 is 0 Å². The lowest BCUT2D eigenvalue weighted by atomic mass is 9.87. The fourth-order valence-electron chi connectivity index (χ4n) is 2.76. The Balaban J connectivity index is 1.64. The lowest BCUT2D eigenvalue weighted by Crippen LogP contribution is -2.20. The van der Waals surface area contributed by atoms with Crippen molar-refractivity contribution in [2.75, 3.05) is 5.32 Å². The summed E-state index contributed by atoms with van der Waals surface area (Å²) < 4.78 is 11.1. The molecule has 0 aliphatic carbocycles. The van der Waals surface area contributed by atoms with Crippen molar-refractivity contribution in [3.8, 4) is 0 Å². The van der Waals surface area contributed by atoms with Crippen molar-refractivity contribution < 1.29 is 18.7 Å². The summed E-state index contributed by atoms with van der Waals surface area (Å²) in [5, 5.41) is 12.7. The molecule has 0 aliphatic rings. The summed E-state index contributed by atoms with van der Waals surface area (Å²) in [5.41, 5.74) is 1.98. The van der Waals surface area contributed by atoms with Gasteiger partial charge in [0, 0.05) is 5.69 Å². The Hall–Kier alpha value is -2.60. The van der Waals surface area contributed by atoms with Crippen LogP contribution in [-0.2, 0) is 21.7 Å². The number of hydrogen-bond acceptors (Lipinski definition) is 5. The summed E-state index contributed by atoms with van der Waals surface area (Å²) >= 11 is 1.65. The molecule has 3 rings (SSSR count). The standard InChI is InChI=1S/C22H25NO4S/c1-22(2,3)15-6-8-16(9-7-15)23-20(21(24)25)19-11-10-18(27-19)14-28-13-17-5-4-12-26-17/h4-12,20,23H,13-14H2,1-3H3,(H,24,25). The van der Waals surface area contributed by atoms with Crippen molar-refractivity contribution in [3.63, 3.8) is 0 Å². The summed E-state index contributed by atoms with van der Waals surface area (Å²) in [6.45, 7) is 6.43. The average molecular weight is 400 g/mol. The molecule has 0 bridgehead atoms. The topological polar surface area (TPSA) is 75.6 Å². The number of carboxylic acids is 1. The van der Waals surface area contributed by atoms with Crippen molar-refractivity contribution in [3.05, 3.63) is 77.6 Å². The highest BCUT2D eigenvalue weighted by Crippen LogP contribution is 2.27. The van der Waals surface area contributed by atoms with Crippen LogP contribution in [0.1, 0.15) is 49.7 Å². The highest BCUT2D eigenvalue weighted by molar-refractivity contribution is 7.97. The van der Waals surface area contributed by atoms with Gasteiger partial charge in [-0.3, -0.25) is 0 Å². The van der Waals surface area contributed by atoms with Crippen molar-refractivity contribution >= 4 is 23.4 Å². The van der Waals surface area contributed by atoms with Crippen LogP contribution >= 0.6 is 11.8 Å². The fraction of sp³-hybridized carbons (Fsp3) is 0.318. The molecule has 0 spiro atoms. The lowest BCUT2D eigenvalue weighted by Gasteiger charge is -2.20. The SMILES string of the molecule is CC(C)(C)c1ccc(NC(C(=O)O)c2ccc(CSCc3ccco3)o2)cc1. The minimum Gasteiger partial charge on any atom is -0.479 e. The van der Waals surface area contributed by atoms with Crippen LogP contribution in [0.3, 0.4) is 0 Å². The van der Waals surface area contributed by atoms with E-state index < -0.39 is 12.0 Å². The molecule has 0 saturated carbocycles. The second-order valence-electron chi connectivity index (χ2n) is 7.62. The molecule has 0 aliphatic heterocycles. The van der Waals surface area contributed by atoms with Gasteiger partial charge in [-0.15, -0.1) is 11.8 Å². The molecule has 0 fully saturated rings. The molecular formula is C22H25NO4S. The molecule has 0 saturated heterocycles. The van der Waals surface area contributed by atoms with Gasteiger partial charge in [0.05, 0.1) is 17.8 Å². The van der Waals surface area contributed by atoms with Crippen LogP contribution in [0.15, 0.2) is 63.6 Å². The first-order valence-electron chi connectivity index (χ1n) is 9.11. The largest absolute Gasteiger partial charge is 0.479 e. The molecule has 28 heavy (non-hydrogen) atoms. The van der Waals surface area contributed by atoms with E-state index in [2.05, 4.69) is 26.1 Å². The van der Waals surface area contributed by atoms with E-state index in [-0.39, 0.29) is 5.41 Å². The number of furan rings is 2. The molecule has 0 radical (unpaired) electrons. The van der Waals surface area contributed by atoms with E-state index in [0.717, 1.165) is 23.0 Å². The Morgan fingerprint density at radius 1 is 1.07 bits per heavy atom. The number of nitrogens with one attached hydrogen (secondary N) is 1. The van der Waals surface area contributed by atoms with E-state index in [4.69, 9.17) is 8.83 Å². The van der Waals surface area contributed by atoms with Gasteiger partial charge in [-0.1, -0.05) is 32.9 Å². The summed E-state index contributed by atoms with van der Waals surface area (Å²) in [6, 6.07) is 14.2. The molecule has 148 valence electrons. The maximum atomic E-state index is 11.8. The molecule has 0 amide bonds. The number of aliphatic carboxylic acids is 1. The van der Waals surface area contributed by atoms with Gasteiger partial charge in [0.25, 0.3) is 0 Å². The van der Waals surface area contributed by atoms with Gasteiger partial charge in [0.2, 0.25) is 0 Å². The van der Waals surface area contributed by atoms with Crippen LogP contribution in [0.5, 0.6) is 0 Å². The van der Waals surface area contributed by atoms with Crippen molar-refractivity contribution in [2.45, 2.75) is 43.7 Å². The average Bonchev–Trinajstić information content (AvgIpc) is 3.31. The van der Waals surface area contributed by atoms with Gasteiger partial charge in [-0.05, 0) is 47.4 Å². The first kappa shape index (κ1) is 20.1. The van der Waals surface area contributed by atoms with Gasteiger partial charge < -0.3 is 19.3 Å². The first-order valence-corrected chi connectivity index (χ1v) is 10.3. The van der Waals surface area contributed by atoms with Crippen LogP contribution in [0, 0.1) is 0 Å². The van der Waals surface area contributed by atoms with Crippen molar-refractivity contribution in [1.29, 1.82) is 0 Å². The molecule has 5 nitrogen and oxygen atoms in total. The lowest BCUT2D eigenvalue weighted by molar-refractivity contribution is -0.138. The minimum atomic E-state index is -0.982. The Labute approximate surface area is 169 Å². The number of rotatable bonds is 8. The summed E-state index contributed by atoms with van der Waals surface area (Å²) in [4.78, 5) is 11.8. The molecule has 2 N–H and O–H groups in total. The zero-order chi connectivity index (χ0) is 20.1. The molecule has 2 aromatic heterocycles. The minimum absolute atomic E-state index is 0.0496. The Morgan fingerprint density at radius 2 is 1.79 bits per heavy atom. The number of anilines is 1. The number of carboxylic acid groups (broad SMARTS) is 1. The van der Waals surface area contributed by atoms with E-state index in [1.807, 2.05) is 42.5 Å². The third-order valence-electron chi connectivity index (χ3n) is 4.34. The second kappa shape index (κ2) is 8.61. The summed E-state index contributed by atoms with van der Waals surface area (Å²) in [5.74, 6) is 2.44. The zero-order valence-electron chi connectivity index (χ0n) is 16.3. The quantitative estimate of drug-likeness (QED) is 0.495. The molecule has 6 heteroatoms. The van der Waals surface area contributed by atoms with Crippen LogP contribution in [0.25, 0.3) is 0 Å². The van der Waals surface area contributed by atoms with E-state index in [0.29, 0.717) is 11.5 Å². The summed E-state index contributed by atoms with van der Waals surface area (Å²) in [7, 11) is 0. The van der Waals surface area contributed by atoms with Crippen LogP contribution in [0.4, 0.5) is 5.69 Å². The van der Waals surface area contributed by atoms with Gasteiger partial charge >= 0.3 is 5.97 Å². The van der Waals surface area contributed by atoms with Gasteiger partial charge in [-0.25, -0.2) is 4.79 Å². The number of benzene rings is 1. The predicted molar refractivity (Wildman–Crippen MR) is 112 cm³/mol. The van der Waals surface area contributed by atoms with E-state index in [9.17, 15) is 9.90 Å². The van der Waals surface area contributed by atoms with Crippen molar-refractivity contribution in [2.24, 2.45) is 0 Å². The Kier molecular flexibility index (Phi) is 6.19. The second-order valence-corrected chi connectivity index (χ2v) is 8.60. The fourth-order valence-corrected chi connectivity index (χ4v) is 3.59. The van der Waals surface area contributed by atoms with Crippen LogP contribution < -0.4 is 5.32 Å². The zero-order valence-corrected chi connectivity index (χ0v) is 17.1. The first-order chi connectivity index (χ1) is 13.3. The maximum absolute atomic E-state index is 11.8. The Bertz CT molecular complexity index is 892. The van der Waals surface area contributed by atoms with E-state index in [1.54, 1.807) is 24.1 Å². The smallest absolute Gasteiger partial charge is 0.334 e. The number of thioether (sulfide) groups is 1. The monoisotopic (exact) mass is 399 g/mol. The van der Waals surface area contributed by atoms with Crippen LogP contribution in [-0.4, -0.2) is 11.1 Å². The highest BCUT2D eigenvalue weighted by atomic mass is 32.2. The molecule has 2 heterocycles. The predicted octanol–water partition coefficient (Wildman–Crippen LogP) is 5.84. The number of hydrogen-bond donors (Lipinski definition) is 2.